The Kier molecular flexibility index (Phi) is 18.3. The van der Waals surface area contributed by atoms with Crippen LogP contribution in [0.4, 0.5) is 0 Å². The molecule has 0 saturated heterocycles. The second-order valence-corrected chi connectivity index (χ2v) is 9.74. The van der Waals surface area contributed by atoms with Crippen molar-refractivity contribution >= 4 is 5.97 Å². The van der Waals surface area contributed by atoms with Gasteiger partial charge in [-0.3, -0.25) is 4.79 Å². The van der Waals surface area contributed by atoms with E-state index in [1.807, 2.05) is 0 Å². The number of hydrogen-bond acceptors (Lipinski definition) is 2. The lowest BCUT2D eigenvalue weighted by Crippen LogP contribution is -2.06. The fourth-order valence-electron chi connectivity index (χ4n) is 4.53. The van der Waals surface area contributed by atoms with Crippen molar-refractivity contribution in [3.8, 4) is 0 Å². The van der Waals surface area contributed by atoms with Crippen molar-refractivity contribution in [2.24, 2.45) is 5.92 Å². The molecule has 0 amide bonds. The molecule has 0 aromatic carbocycles. The second kappa shape index (κ2) is 20.1. The van der Waals surface area contributed by atoms with Crippen molar-refractivity contribution in [3.63, 3.8) is 0 Å². The fraction of sp³-hybridized carbons (Fsp3) is 0.893. The highest BCUT2D eigenvalue weighted by molar-refractivity contribution is 5.70. The van der Waals surface area contributed by atoms with Crippen molar-refractivity contribution in [2.45, 2.75) is 155 Å². The predicted molar refractivity (Wildman–Crippen MR) is 131 cm³/mol. The van der Waals surface area contributed by atoms with E-state index < -0.39 is 0 Å². The summed E-state index contributed by atoms with van der Waals surface area (Å²) in [4.78, 5) is 12.4. The number of rotatable bonds is 11. The highest BCUT2D eigenvalue weighted by atomic mass is 16.5. The molecule has 1 rings (SSSR count). The zero-order valence-electron chi connectivity index (χ0n) is 20.5. The summed E-state index contributed by atoms with van der Waals surface area (Å²) in [6, 6.07) is 0. The summed E-state index contributed by atoms with van der Waals surface area (Å²) in [6.45, 7) is 4.55. The Morgan fingerprint density at radius 2 is 1.27 bits per heavy atom. The molecule has 0 bridgehead atoms. The van der Waals surface area contributed by atoms with Gasteiger partial charge in [0.2, 0.25) is 0 Å². The lowest BCUT2D eigenvalue weighted by Gasteiger charge is -2.13. The predicted octanol–water partition coefficient (Wildman–Crippen LogP) is 9.67. The summed E-state index contributed by atoms with van der Waals surface area (Å²) in [5.41, 5.74) is 0. The first-order valence-corrected chi connectivity index (χ1v) is 13.6. The maximum Gasteiger partial charge on any atom is 0.310 e. The van der Waals surface area contributed by atoms with E-state index in [1.165, 1.54) is 116 Å². The van der Waals surface area contributed by atoms with Gasteiger partial charge in [0.25, 0.3) is 0 Å². The van der Waals surface area contributed by atoms with Gasteiger partial charge < -0.3 is 4.74 Å². The van der Waals surface area contributed by atoms with Gasteiger partial charge in [-0.25, -0.2) is 0 Å². The number of carbonyl (C=O) groups excluding carboxylic acids is 1. The van der Waals surface area contributed by atoms with Crippen molar-refractivity contribution in [1.29, 1.82) is 0 Å². The summed E-state index contributed by atoms with van der Waals surface area (Å²) in [7, 11) is 0. The van der Waals surface area contributed by atoms with Gasteiger partial charge in [-0.15, -0.1) is 0 Å². The van der Waals surface area contributed by atoms with E-state index in [2.05, 4.69) is 19.9 Å². The average molecular weight is 421 g/mol. The first kappa shape index (κ1) is 27.2. The molecule has 1 aliphatic carbocycles. The lowest BCUT2D eigenvalue weighted by molar-refractivity contribution is -0.139. The Balaban J connectivity index is 2.27. The molecular weight excluding hydrogens is 368 g/mol. The van der Waals surface area contributed by atoms with Gasteiger partial charge in [-0.2, -0.15) is 0 Å². The topological polar surface area (TPSA) is 26.3 Å². The quantitative estimate of drug-likeness (QED) is 0.245. The molecule has 176 valence electrons. The van der Waals surface area contributed by atoms with E-state index in [9.17, 15) is 4.79 Å². The molecule has 0 radical (unpaired) electrons. The smallest absolute Gasteiger partial charge is 0.310 e. The molecule has 1 unspecified atom stereocenters. The number of ether oxygens (including phenoxy) is 1. The van der Waals surface area contributed by atoms with Crippen LogP contribution in [0.3, 0.4) is 0 Å². The summed E-state index contributed by atoms with van der Waals surface area (Å²) in [5.74, 6) is 1.47. The van der Waals surface area contributed by atoms with Crippen LogP contribution in [0.2, 0.25) is 0 Å². The van der Waals surface area contributed by atoms with Gasteiger partial charge in [0.1, 0.15) is 5.76 Å². The van der Waals surface area contributed by atoms with Crippen molar-refractivity contribution in [2.75, 3.05) is 0 Å². The van der Waals surface area contributed by atoms with E-state index in [0.29, 0.717) is 12.3 Å². The molecule has 2 heteroatoms. The fourth-order valence-corrected chi connectivity index (χ4v) is 4.53. The van der Waals surface area contributed by atoms with Gasteiger partial charge in [-0.1, -0.05) is 123 Å². The third-order valence-electron chi connectivity index (χ3n) is 6.53. The minimum absolute atomic E-state index is 0.00527. The second-order valence-electron chi connectivity index (χ2n) is 9.74. The molecule has 30 heavy (non-hydrogen) atoms. The largest absolute Gasteiger partial charge is 0.431 e. The Hall–Kier alpha value is -0.790. The van der Waals surface area contributed by atoms with Gasteiger partial charge in [0.15, 0.2) is 0 Å². The molecule has 1 atom stereocenters. The van der Waals surface area contributed by atoms with E-state index in [4.69, 9.17) is 4.74 Å². The third kappa shape index (κ3) is 16.9. The zero-order chi connectivity index (χ0) is 21.7. The summed E-state index contributed by atoms with van der Waals surface area (Å²) in [5, 5.41) is 0. The highest BCUT2D eigenvalue weighted by Crippen LogP contribution is 2.21. The van der Waals surface area contributed by atoms with Gasteiger partial charge in [0.05, 0.1) is 0 Å². The summed E-state index contributed by atoms with van der Waals surface area (Å²) < 4.78 is 5.84. The number of hydrogen-bond donors (Lipinski definition) is 0. The van der Waals surface area contributed by atoms with Crippen LogP contribution >= 0.6 is 0 Å². The molecule has 0 fully saturated rings. The maximum atomic E-state index is 12.4. The third-order valence-corrected chi connectivity index (χ3v) is 6.53. The zero-order valence-corrected chi connectivity index (χ0v) is 20.5. The average Bonchev–Trinajstić information content (AvgIpc) is 2.73. The molecule has 0 spiro atoms. The normalized spacial score (nSPS) is 21.8. The van der Waals surface area contributed by atoms with Gasteiger partial charge in [0, 0.05) is 12.8 Å². The van der Waals surface area contributed by atoms with Gasteiger partial charge in [-0.05, 0) is 31.3 Å². The van der Waals surface area contributed by atoms with Crippen molar-refractivity contribution < 1.29 is 9.53 Å². The molecule has 0 aliphatic heterocycles. The molecule has 2 nitrogen and oxygen atoms in total. The van der Waals surface area contributed by atoms with Crippen LogP contribution in [0.1, 0.15) is 155 Å². The molecule has 0 aromatic rings. The van der Waals surface area contributed by atoms with Crippen LogP contribution < -0.4 is 0 Å². The molecule has 0 heterocycles. The Morgan fingerprint density at radius 1 is 0.767 bits per heavy atom. The summed E-state index contributed by atoms with van der Waals surface area (Å²) >= 11 is 0. The van der Waals surface area contributed by atoms with Crippen LogP contribution in [0, 0.1) is 5.92 Å². The van der Waals surface area contributed by atoms with Crippen LogP contribution in [-0.4, -0.2) is 5.97 Å². The first-order chi connectivity index (χ1) is 14.7. The minimum atomic E-state index is -0.00527. The Morgan fingerprint density at radius 3 is 1.87 bits per heavy atom. The van der Waals surface area contributed by atoms with E-state index in [1.54, 1.807) is 0 Å². The number of esters is 1. The summed E-state index contributed by atoms with van der Waals surface area (Å²) in [6.07, 6.45) is 29.9. The first-order valence-electron chi connectivity index (χ1n) is 13.6. The maximum absolute atomic E-state index is 12.4. The van der Waals surface area contributed by atoms with Crippen molar-refractivity contribution in [1.82, 2.24) is 0 Å². The monoisotopic (exact) mass is 420 g/mol. The molecule has 1 aliphatic rings. The highest BCUT2D eigenvalue weighted by Gasteiger charge is 2.10. The van der Waals surface area contributed by atoms with E-state index in [-0.39, 0.29) is 5.97 Å². The molecular formula is C28H52O2. The standard InChI is InChI=1S/C28H52O2/c1-3-4-5-6-7-10-15-18-21-24-28(29)30-27-23-20-17-14-12-9-8-11-13-16-19-22-26(2)25-27/h25-26H,3-24H2,1-2H3/b27-25+. The van der Waals surface area contributed by atoms with Crippen LogP contribution in [0.25, 0.3) is 0 Å². The SMILES string of the molecule is CCCCCCCCCCCC(=O)O/C1=C/C(C)CCCCCCCCCCCC1. The minimum Gasteiger partial charge on any atom is -0.431 e. The van der Waals surface area contributed by atoms with Crippen LogP contribution in [0.5, 0.6) is 0 Å². The van der Waals surface area contributed by atoms with Crippen LogP contribution in [0.15, 0.2) is 11.8 Å². The van der Waals surface area contributed by atoms with Gasteiger partial charge >= 0.3 is 5.97 Å². The Bertz CT molecular complexity index is 426. The number of allylic oxidation sites excluding steroid dienone is 2. The van der Waals surface area contributed by atoms with E-state index >= 15 is 0 Å². The lowest BCUT2D eigenvalue weighted by atomic mass is 10.0. The van der Waals surface area contributed by atoms with Crippen LogP contribution in [-0.2, 0) is 9.53 Å². The Labute approximate surface area is 188 Å². The molecule has 0 N–H and O–H groups in total. The molecule has 0 aromatic heterocycles. The molecule has 0 saturated carbocycles. The number of unbranched alkanes of at least 4 members (excludes halogenated alkanes) is 8. The number of carbonyl (C=O) groups is 1. The van der Waals surface area contributed by atoms with Crippen molar-refractivity contribution in [3.05, 3.63) is 11.8 Å². The van der Waals surface area contributed by atoms with E-state index in [0.717, 1.165) is 25.0 Å².